The standard InChI is InChI=1S/C29H38O4Si/c1-27(2,3)34(25-12-6-4-7-13-25,26-14-8-5-9-15-26)30-24-11-10-18-28(21-24)31-29(33-32-28)20-22-16-17-23(29)19-22/h4-9,12-15,22-24H,10-11,16-21H2,1-3H3/t22?,23?,24-,28-,29?/m1/s1. The Hall–Kier alpha value is -1.50. The highest BCUT2D eigenvalue weighted by Gasteiger charge is 2.64. The molecule has 2 aromatic carbocycles. The maximum absolute atomic E-state index is 7.44. The molecule has 34 heavy (non-hydrogen) atoms. The highest BCUT2D eigenvalue weighted by atomic mass is 28.4. The normalized spacial score (nSPS) is 35.4. The van der Waals surface area contributed by atoms with Crippen molar-refractivity contribution in [1.29, 1.82) is 0 Å². The highest BCUT2D eigenvalue weighted by molar-refractivity contribution is 6.99. The lowest BCUT2D eigenvalue weighted by molar-refractivity contribution is -0.363. The number of ether oxygens (including phenoxy) is 1. The van der Waals surface area contributed by atoms with Gasteiger partial charge in [-0.1, -0.05) is 81.4 Å². The smallest absolute Gasteiger partial charge is 0.261 e. The van der Waals surface area contributed by atoms with Crippen LogP contribution in [0, 0.1) is 11.8 Å². The molecule has 2 bridgehead atoms. The van der Waals surface area contributed by atoms with Crippen molar-refractivity contribution >= 4 is 18.7 Å². The van der Waals surface area contributed by atoms with Gasteiger partial charge in [0, 0.05) is 25.2 Å². The van der Waals surface area contributed by atoms with Crippen molar-refractivity contribution in [3.8, 4) is 0 Å². The van der Waals surface area contributed by atoms with E-state index in [1.807, 2.05) is 0 Å². The Labute approximate surface area is 205 Å². The second-order valence-electron chi connectivity index (χ2n) is 12.1. The predicted molar refractivity (Wildman–Crippen MR) is 135 cm³/mol. The Morgan fingerprint density at radius 3 is 2.09 bits per heavy atom. The zero-order valence-electron chi connectivity index (χ0n) is 20.8. The summed E-state index contributed by atoms with van der Waals surface area (Å²) in [6, 6.07) is 21.8. The Kier molecular flexibility index (Phi) is 5.58. The fourth-order valence-corrected chi connectivity index (χ4v) is 12.0. The van der Waals surface area contributed by atoms with Crippen LogP contribution >= 0.6 is 0 Å². The van der Waals surface area contributed by atoms with E-state index in [1.165, 1.54) is 29.6 Å². The first-order valence-electron chi connectivity index (χ1n) is 13.2. The SMILES string of the molecule is CC(C)(C)[Si](O[C@@H]1CCC[C@]2(C1)OOC1(CC3CCC1C3)O2)(c1ccccc1)c1ccccc1. The minimum absolute atomic E-state index is 0.0416. The molecule has 4 fully saturated rings. The van der Waals surface area contributed by atoms with Gasteiger partial charge in [0.25, 0.3) is 8.32 Å². The fourth-order valence-electron chi connectivity index (χ4n) is 7.31. The molecule has 2 aromatic rings. The van der Waals surface area contributed by atoms with Gasteiger partial charge < -0.3 is 9.16 Å². The van der Waals surface area contributed by atoms with E-state index in [1.54, 1.807) is 0 Å². The van der Waals surface area contributed by atoms with Crippen LogP contribution in [0.15, 0.2) is 60.7 Å². The van der Waals surface area contributed by atoms with Gasteiger partial charge in [-0.2, -0.15) is 9.78 Å². The fraction of sp³-hybridized carbons (Fsp3) is 0.586. The second-order valence-corrected chi connectivity index (χ2v) is 16.3. The molecular formula is C29H38O4Si. The summed E-state index contributed by atoms with van der Waals surface area (Å²) < 4.78 is 14.2. The summed E-state index contributed by atoms with van der Waals surface area (Å²) in [5.74, 6) is 0.0347. The summed E-state index contributed by atoms with van der Waals surface area (Å²) in [4.78, 5) is 12.2. The van der Waals surface area contributed by atoms with Crippen LogP contribution in [-0.2, 0) is 18.9 Å². The Balaban J connectivity index is 1.32. The molecule has 1 aliphatic heterocycles. The predicted octanol–water partition coefficient (Wildman–Crippen LogP) is 5.70. The van der Waals surface area contributed by atoms with Gasteiger partial charge in [0.2, 0.25) is 11.6 Å². The van der Waals surface area contributed by atoms with Gasteiger partial charge in [0.1, 0.15) is 0 Å². The molecule has 4 nitrogen and oxygen atoms in total. The van der Waals surface area contributed by atoms with Crippen LogP contribution in [0.5, 0.6) is 0 Å². The maximum atomic E-state index is 7.44. The molecule has 182 valence electrons. The Morgan fingerprint density at radius 2 is 1.53 bits per heavy atom. The van der Waals surface area contributed by atoms with E-state index in [9.17, 15) is 0 Å². The van der Waals surface area contributed by atoms with Crippen LogP contribution < -0.4 is 10.4 Å². The van der Waals surface area contributed by atoms with Crippen LogP contribution in [0.4, 0.5) is 0 Å². The zero-order valence-corrected chi connectivity index (χ0v) is 21.8. The summed E-state index contributed by atoms with van der Waals surface area (Å²) in [6.45, 7) is 7.02. The monoisotopic (exact) mass is 478 g/mol. The number of fused-ring (bicyclic) bond motifs is 3. The summed E-state index contributed by atoms with van der Waals surface area (Å²) in [5.41, 5.74) is 0. The van der Waals surface area contributed by atoms with E-state index < -0.39 is 19.9 Å². The first kappa shape index (κ1) is 22.9. The molecule has 3 aliphatic carbocycles. The van der Waals surface area contributed by atoms with Gasteiger partial charge in [-0.3, -0.25) is 0 Å². The third-order valence-corrected chi connectivity index (χ3v) is 13.9. The summed E-state index contributed by atoms with van der Waals surface area (Å²) >= 11 is 0. The molecular weight excluding hydrogens is 440 g/mol. The van der Waals surface area contributed by atoms with E-state index >= 15 is 0 Å². The van der Waals surface area contributed by atoms with Gasteiger partial charge >= 0.3 is 0 Å². The average Bonchev–Trinajstić information content (AvgIpc) is 3.53. The van der Waals surface area contributed by atoms with Gasteiger partial charge in [-0.05, 0) is 53.4 Å². The first-order chi connectivity index (χ1) is 16.3. The van der Waals surface area contributed by atoms with Crippen molar-refractivity contribution in [3.63, 3.8) is 0 Å². The van der Waals surface area contributed by atoms with Crippen LogP contribution in [0.25, 0.3) is 0 Å². The quantitative estimate of drug-likeness (QED) is 0.417. The maximum Gasteiger partial charge on any atom is 0.261 e. The number of rotatable bonds is 4. The third-order valence-electron chi connectivity index (χ3n) is 8.81. The van der Waals surface area contributed by atoms with Gasteiger partial charge in [0.05, 0.1) is 6.10 Å². The topological polar surface area (TPSA) is 36.9 Å². The summed E-state index contributed by atoms with van der Waals surface area (Å²) in [7, 11) is -2.61. The molecule has 5 atom stereocenters. The number of hydrogen-bond acceptors (Lipinski definition) is 4. The molecule has 5 heteroatoms. The summed E-state index contributed by atoms with van der Waals surface area (Å²) in [6.07, 6.45) is 8.45. The molecule has 1 heterocycles. The number of benzene rings is 2. The van der Waals surface area contributed by atoms with Gasteiger partial charge in [-0.15, -0.1) is 0 Å². The largest absolute Gasteiger partial charge is 0.404 e. The molecule has 2 spiro atoms. The lowest BCUT2D eigenvalue weighted by atomic mass is 9.90. The van der Waals surface area contributed by atoms with E-state index in [-0.39, 0.29) is 11.1 Å². The molecule has 3 unspecified atom stereocenters. The molecule has 0 aromatic heterocycles. The molecule has 1 saturated heterocycles. The minimum atomic E-state index is -2.61. The van der Waals surface area contributed by atoms with Crippen LogP contribution in [0.1, 0.15) is 72.1 Å². The Morgan fingerprint density at radius 1 is 0.853 bits per heavy atom. The lowest BCUT2D eigenvalue weighted by Gasteiger charge is -2.47. The van der Waals surface area contributed by atoms with E-state index in [0.29, 0.717) is 5.92 Å². The van der Waals surface area contributed by atoms with Crippen molar-refractivity contribution in [1.82, 2.24) is 0 Å². The second kappa shape index (κ2) is 8.28. The van der Waals surface area contributed by atoms with Crippen molar-refractivity contribution in [2.24, 2.45) is 11.8 Å². The van der Waals surface area contributed by atoms with Crippen molar-refractivity contribution in [2.75, 3.05) is 0 Å². The van der Waals surface area contributed by atoms with Crippen LogP contribution in [0.3, 0.4) is 0 Å². The molecule has 0 radical (unpaired) electrons. The molecule has 0 N–H and O–H groups in total. The first-order valence-corrected chi connectivity index (χ1v) is 15.1. The average molecular weight is 479 g/mol. The number of hydrogen-bond donors (Lipinski definition) is 0. The van der Waals surface area contributed by atoms with Crippen molar-refractivity contribution < 1.29 is 18.9 Å². The molecule has 4 aliphatic rings. The summed E-state index contributed by atoms with van der Waals surface area (Å²) in [5, 5.41) is 2.60. The van der Waals surface area contributed by atoms with Gasteiger partial charge in [-0.25, -0.2) is 0 Å². The highest BCUT2D eigenvalue weighted by Crippen LogP contribution is 2.59. The molecule has 3 saturated carbocycles. The van der Waals surface area contributed by atoms with Crippen molar-refractivity contribution in [2.45, 2.75) is 94.9 Å². The van der Waals surface area contributed by atoms with Gasteiger partial charge in [0.15, 0.2) is 0 Å². The molecule has 6 rings (SSSR count). The lowest BCUT2D eigenvalue weighted by Crippen LogP contribution is -2.68. The van der Waals surface area contributed by atoms with E-state index in [0.717, 1.165) is 38.0 Å². The van der Waals surface area contributed by atoms with Crippen molar-refractivity contribution in [3.05, 3.63) is 60.7 Å². The zero-order chi connectivity index (χ0) is 23.4. The van der Waals surface area contributed by atoms with Crippen LogP contribution in [0.2, 0.25) is 5.04 Å². The molecule has 0 amide bonds. The minimum Gasteiger partial charge on any atom is -0.404 e. The van der Waals surface area contributed by atoms with E-state index in [2.05, 4.69) is 81.4 Å². The van der Waals surface area contributed by atoms with Crippen LogP contribution in [-0.4, -0.2) is 26.0 Å². The van der Waals surface area contributed by atoms with E-state index in [4.69, 9.17) is 18.9 Å². The Bertz CT molecular complexity index is 966. The third kappa shape index (κ3) is 3.63.